The summed E-state index contributed by atoms with van der Waals surface area (Å²) in [5.74, 6) is 0.622. The minimum absolute atomic E-state index is 0.0130. The van der Waals surface area contributed by atoms with Crippen molar-refractivity contribution in [2.24, 2.45) is 0 Å². The lowest BCUT2D eigenvalue weighted by Gasteiger charge is -2.36. The van der Waals surface area contributed by atoms with E-state index in [0.717, 1.165) is 25.7 Å². The van der Waals surface area contributed by atoms with Gasteiger partial charge < -0.3 is 10.0 Å². The van der Waals surface area contributed by atoms with E-state index < -0.39 is 4.92 Å². The number of nitro groups is 1. The van der Waals surface area contributed by atoms with Gasteiger partial charge in [0.05, 0.1) is 21.5 Å². The zero-order chi connectivity index (χ0) is 14.0. The van der Waals surface area contributed by atoms with Gasteiger partial charge in [0.2, 0.25) is 0 Å². The van der Waals surface area contributed by atoms with Gasteiger partial charge in [-0.25, -0.2) is 4.98 Å². The van der Waals surface area contributed by atoms with Gasteiger partial charge in [-0.3, -0.25) is 10.1 Å². The van der Waals surface area contributed by atoms with Crippen LogP contribution in [0.25, 0.3) is 0 Å². The quantitative estimate of drug-likeness (QED) is 0.680. The van der Waals surface area contributed by atoms with Gasteiger partial charge in [0.25, 0.3) is 5.69 Å². The van der Waals surface area contributed by atoms with Crippen molar-refractivity contribution in [3.63, 3.8) is 0 Å². The Morgan fingerprint density at radius 3 is 2.79 bits per heavy atom. The van der Waals surface area contributed by atoms with Crippen molar-refractivity contribution in [3.05, 3.63) is 26.9 Å². The summed E-state index contributed by atoms with van der Waals surface area (Å²) in [6, 6.07) is 1.45. The number of rotatable bonds is 3. The van der Waals surface area contributed by atoms with Crippen molar-refractivity contribution >= 4 is 27.4 Å². The highest BCUT2D eigenvalue weighted by molar-refractivity contribution is 9.10. The molecule has 19 heavy (non-hydrogen) atoms. The third-order valence-electron chi connectivity index (χ3n) is 3.54. The average Bonchev–Trinajstić information content (AvgIpc) is 2.38. The minimum atomic E-state index is -0.475. The second-order valence-corrected chi connectivity index (χ2v) is 5.64. The molecule has 1 aliphatic rings. The second kappa shape index (κ2) is 5.83. The molecule has 2 rings (SSSR count). The summed E-state index contributed by atoms with van der Waals surface area (Å²) in [6.07, 6.45) is 4.69. The number of halogens is 1. The molecule has 0 spiro atoms. The van der Waals surface area contributed by atoms with Gasteiger partial charge in [0.15, 0.2) is 0 Å². The molecule has 0 bridgehead atoms. The van der Waals surface area contributed by atoms with Crippen LogP contribution < -0.4 is 4.90 Å². The van der Waals surface area contributed by atoms with Crippen LogP contribution in [0, 0.1) is 10.1 Å². The highest BCUT2D eigenvalue weighted by Gasteiger charge is 2.28. The van der Waals surface area contributed by atoms with E-state index in [2.05, 4.69) is 20.9 Å². The molecular weight excluding hydrogens is 314 g/mol. The summed E-state index contributed by atoms with van der Waals surface area (Å²) in [5.41, 5.74) is -0.0479. The van der Waals surface area contributed by atoms with E-state index in [1.54, 1.807) is 0 Å². The van der Waals surface area contributed by atoms with Gasteiger partial charge in [-0.2, -0.15) is 0 Å². The fourth-order valence-electron chi connectivity index (χ4n) is 2.48. The van der Waals surface area contributed by atoms with Crippen LogP contribution in [0.2, 0.25) is 0 Å². The minimum Gasteiger partial charge on any atom is -0.391 e. The van der Waals surface area contributed by atoms with E-state index in [1.165, 1.54) is 12.3 Å². The molecule has 1 saturated carbocycles. The smallest absolute Gasteiger partial charge is 0.288 e. The molecule has 7 heteroatoms. The summed E-state index contributed by atoms with van der Waals surface area (Å²) in [5, 5.41) is 20.7. The zero-order valence-electron chi connectivity index (χ0n) is 10.6. The van der Waals surface area contributed by atoms with Crippen molar-refractivity contribution < 1.29 is 10.0 Å². The average molecular weight is 330 g/mol. The van der Waals surface area contributed by atoms with E-state index in [4.69, 9.17) is 0 Å². The maximum atomic E-state index is 10.7. The summed E-state index contributed by atoms with van der Waals surface area (Å²) in [7, 11) is 1.86. The molecule has 0 aromatic carbocycles. The van der Waals surface area contributed by atoms with Gasteiger partial charge in [-0.1, -0.05) is 12.8 Å². The molecule has 0 radical (unpaired) electrons. The highest BCUT2D eigenvalue weighted by atomic mass is 79.9. The third kappa shape index (κ3) is 3.03. The molecule has 1 fully saturated rings. The van der Waals surface area contributed by atoms with Crippen LogP contribution in [0.4, 0.5) is 11.5 Å². The van der Waals surface area contributed by atoms with Crippen LogP contribution >= 0.6 is 15.9 Å². The zero-order valence-corrected chi connectivity index (χ0v) is 12.2. The maximum Gasteiger partial charge on any atom is 0.288 e. The standard InChI is InChI=1S/C12H16BrN3O3/c1-15(10-4-2-3-5-11(10)17)12-9(13)6-8(7-14-12)16(18)19/h6-7,10-11,17H,2-5H2,1H3. The lowest BCUT2D eigenvalue weighted by Crippen LogP contribution is -2.44. The van der Waals surface area contributed by atoms with Crippen LogP contribution in [-0.4, -0.2) is 34.2 Å². The van der Waals surface area contributed by atoms with Crippen LogP contribution in [0.3, 0.4) is 0 Å². The second-order valence-electron chi connectivity index (χ2n) is 4.79. The predicted octanol–water partition coefficient (Wildman–Crippen LogP) is 2.49. The lowest BCUT2D eigenvalue weighted by molar-refractivity contribution is -0.385. The van der Waals surface area contributed by atoms with Gasteiger partial charge in [-0.15, -0.1) is 0 Å². The van der Waals surface area contributed by atoms with Crippen LogP contribution in [0.5, 0.6) is 0 Å². The first-order valence-corrected chi connectivity index (χ1v) is 7.01. The van der Waals surface area contributed by atoms with Crippen LogP contribution in [0.1, 0.15) is 25.7 Å². The summed E-state index contributed by atoms with van der Waals surface area (Å²) >= 11 is 3.31. The normalized spacial score (nSPS) is 23.1. The molecule has 1 aromatic heterocycles. The fraction of sp³-hybridized carbons (Fsp3) is 0.583. The highest BCUT2D eigenvalue weighted by Crippen LogP contribution is 2.31. The van der Waals surface area contributed by atoms with Gasteiger partial charge in [0, 0.05) is 13.1 Å². The molecule has 1 aromatic rings. The van der Waals surface area contributed by atoms with Gasteiger partial charge >= 0.3 is 0 Å². The molecule has 2 atom stereocenters. The Morgan fingerprint density at radius 1 is 1.53 bits per heavy atom. The van der Waals surface area contributed by atoms with E-state index in [1.807, 2.05) is 11.9 Å². The number of anilines is 1. The van der Waals surface area contributed by atoms with Crippen molar-refractivity contribution in [2.75, 3.05) is 11.9 Å². The number of likely N-dealkylation sites (N-methyl/N-ethyl adjacent to an activating group) is 1. The molecular formula is C12H16BrN3O3. The van der Waals surface area contributed by atoms with Crippen molar-refractivity contribution in [2.45, 2.75) is 37.8 Å². The lowest BCUT2D eigenvalue weighted by atomic mass is 9.91. The Hall–Kier alpha value is -1.21. The monoisotopic (exact) mass is 329 g/mol. The molecule has 1 N–H and O–H groups in total. The van der Waals surface area contributed by atoms with E-state index in [-0.39, 0.29) is 17.8 Å². The number of aromatic nitrogens is 1. The molecule has 1 heterocycles. The molecule has 104 valence electrons. The number of aliphatic hydroxyl groups excluding tert-OH is 1. The fourth-order valence-corrected chi connectivity index (χ4v) is 3.10. The number of aliphatic hydroxyl groups is 1. The Balaban J connectivity index is 2.23. The van der Waals surface area contributed by atoms with E-state index in [9.17, 15) is 15.2 Å². The van der Waals surface area contributed by atoms with E-state index in [0.29, 0.717) is 10.3 Å². The maximum absolute atomic E-state index is 10.7. The topological polar surface area (TPSA) is 79.5 Å². The molecule has 0 aliphatic heterocycles. The summed E-state index contributed by atoms with van der Waals surface area (Å²) in [6.45, 7) is 0. The van der Waals surface area contributed by atoms with Crippen LogP contribution in [-0.2, 0) is 0 Å². The Kier molecular flexibility index (Phi) is 4.36. The summed E-state index contributed by atoms with van der Waals surface area (Å²) in [4.78, 5) is 16.2. The molecule has 0 saturated heterocycles. The largest absolute Gasteiger partial charge is 0.391 e. The van der Waals surface area contributed by atoms with E-state index >= 15 is 0 Å². The number of hydrogen-bond donors (Lipinski definition) is 1. The number of nitrogens with zero attached hydrogens (tertiary/aromatic N) is 3. The van der Waals surface area contributed by atoms with Gasteiger partial charge in [-0.05, 0) is 28.8 Å². The number of pyridine rings is 1. The SMILES string of the molecule is CN(c1ncc([N+](=O)[O-])cc1Br)C1CCCCC1O. The first-order chi connectivity index (χ1) is 9.00. The van der Waals surface area contributed by atoms with Crippen molar-refractivity contribution in [1.82, 2.24) is 4.98 Å². The Morgan fingerprint density at radius 2 is 2.21 bits per heavy atom. The number of hydrogen-bond acceptors (Lipinski definition) is 5. The van der Waals surface area contributed by atoms with Crippen molar-refractivity contribution in [3.8, 4) is 0 Å². The van der Waals surface area contributed by atoms with Gasteiger partial charge in [0.1, 0.15) is 12.0 Å². The molecule has 2 unspecified atom stereocenters. The van der Waals surface area contributed by atoms with Crippen LogP contribution in [0.15, 0.2) is 16.7 Å². The predicted molar refractivity (Wildman–Crippen MR) is 75.3 cm³/mol. The first-order valence-electron chi connectivity index (χ1n) is 6.21. The summed E-state index contributed by atoms with van der Waals surface area (Å²) < 4.78 is 0.571. The molecule has 0 amide bonds. The Bertz CT molecular complexity index is 483. The first kappa shape index (κ1) is 14.2. The third-order valence-corrected chi connectivity index (χ3v) is 4.13. The Labute approximate surface area is 119 Å². The van der Waals surface area contributed by atoms with Crippen molar-refractivity contribution in [1.29, 1.82) is 0 Å². The molecule has 6 nitrogen and oxygen atoms in total. The molecule has 1 aliphatic carbocycles.